The monoisotopic (exact) mass is 259 g/mol. The average Bonchev–Trinajstić information content (AvgIpc) is 2.68. The minimum atomic E-state index is 0.247. The molecule has 0 bridgehead atoms. The fourth-order valence-corrected chi connectivity index (χ4v) is 2.94. The molecule has 2 rings (SSSR count). The van der Waals surface area contributed by atoms with Gasteiger partial charge in [0.25, 0.3) is 0 Å². The van der Waals surface area contributed by atoms with E-state index in [9.17, 15) is 4.79 Å². The molecule has 2 nitrogen and oxygen atoms in total. The Morgan fingerprint density at radius 2 is 1.89 bits per heavy atom. The van der Waals surface area contributed by atoms with E-state index in [-0.39, 0.29) is 5.78 Å². The van der Waals surface area contributed by atoms with Crippen molar-refractivity contribution in [1.29, 1.82) is 0 Å². The molecule has 0 spiro atoms. The first-order valence-electron chi connectivity index (χ1n) is 7.34. The molecule has 1 aromatic rings. The zero-order valence-electron chi connectivity index (χ0n) is 12.5. The van der Waals surface area contributed by atoms with Gasteiger partial charge in [0.05, 0.1) is 6.54 Å². The summed E-state index contributed by atoms with van der Waals surface area (Å²) in [5.74, 6) is 1.48. The molecule has 0 saturated carbocycles. The highest BCUT2D eigenvalue weighted by Gasteiger charge is 2.27. The Balaban J connectivity index is 2.00. The van der Waals surface area contributed by atoms with Crippen molar-refractivity contribution in [2.24, 2.45) is 5.92 Å². The summed E-state index contributed by atoms with van der Waals surface area (Å²) in [4.78, 5) is 14.6. The maximum atomic E-state index is 12.3. The van der Waals surface area contributed by atoms with Gasteiger partial charge < -0.3 is 0 Å². The minimum absolute atomic E-state index is 0.247. The number of benzene rings is 1. The summed E-state index contributed by atoms with van der Waals surface area (Å²) in [7, 11) is 0. The van der Waals surface area contributed by atoms with E-state index in [0.29, 0.717) is 24.4 Å². The molecule has 1 aromatic carbocycles. The van der Waals surface area contributed by atoms with Crippen LogP contribution in [0.25, 0.3) is 0 Å². The number of nitrogens with zero attached hydrogens (tertiary/aromatic N) is 1. The fraction of sp³-hybridized carbons (Fsp3) is 0.588. The van der Waals surface area contributed by atoms with Gasteiger partial charge in [0.15, 0.2) is 5.78 Å². The van der Waals surface area contributed by atoms with Crippen LogP contribution in [-0.2, 0) is 0 Å². The summed E-state index contributed by atoms with van der Waals surface area (Å²) in [5.41, 5.74) is 2.14. The topological polar surface area (TPSA) is 20.3 Å². The third-order valence-corrected chi connectivity index (χ3v) is 4.16. The summed E-state index contributed by atoms with van der Waals surface area (Å²) >= 11 is 0. The lowest BCUT2D eigenvalue weighted by molar-refractivity contribution is 0.0925. The number of hydrogen-bond acceptors (Lipinski definition) is 2. The zero-order chi connectivity index (χ0) is 14.0. The van der Waals surface area contributed by atoms with Crippen molar-refractivity contribution in [2.75, 3.05) is 13.1 Å². The van der Waals surface area contributed by atoms with Crippen molar-refractivity contribution in [1.82, 2.24) is 4.90 Å². The molecule has 1 heterocycles. The highest BCUT2D eigenvalue weighted by atomic mass is 16.1. The summed E-state index contributed by atoms with van der Waals surface area (Å²) in [6.07, 6.45) is 1.21. The first-order chi connectivity index (χ1) is 8.97. The van der Waals surface area contributed by atoms with Crippen molar-refractivity contribution in [2.45, 2.75) is 46.1 Å². The van der Waals surface area contributed by atoms with Crippen LogP contribution in [0, 0.1) is 5.92 Å². The van der Waals surface area contributed by atoms with E-state index in [1.54, 1.807) is 0 Å². The normalized spacial score (nSPS) is 24.1. The van der Waals surface area contributed by atoms with Gasteiger partial charge in [-0.1, -0.05) is 45.0 Å². The zero-order valence-corrected chi connectivity index (χ0v) is 12.5. The number of carbonyl (C=O) groups is 1. The Bertz CT molecular complexity index is 435. The van der Waals surface area contributed by atoms with Gasteiger partial charge in [-0.2, -0.15) is 0 Å². The lowest BCUT2D eigenvalue weighted by Gasteiger charge is -2.20. The lowest BCUT2D eigenvalue weighted by atomic mass is 10.0. The van der Waals surface area contributed by atoms with Crippen LogP contribution in [0.1, 0.15) is 56.0 Å². The molecule has 1 fully saturated rings. The Morgan fingerprint density at radius 1 is 1.26 bits per heavy atom. The number of carbonyl (C=O) groups excluding carboxylic acids is 1. The third kappa shape index (κ3) is 3.44. The summed E-state index contributed by atoms with van der Waals surface area (Å²) in [6, 6.07) is 8.64. The largest absolute Gasteiger partial charge is 0.293 e. The molecule has 104 valence electrons. The van der Waals surface area contributed by atoms with Crippen LogP contribution in [0.5, 0.6) is 0 Å². The van der Waals surface area contributed by atoms with E-state index in [2.05, 4.69) is 44.7 Å². The maximum absolute atomic E-state index is 12.3. The second kappa shape index (κ2) is 5.87. The Labute approximate surface area is 116 Å². The number of hydrogen-bond donors (Lipinski definition) is 0. The summed E-state index contributed by atoms with van der Waals surface area (Å²) < 4.78 is 0. The molecule has 2 unspecified atom stereocenters. The Morgan fingerprint density at radius 3 is 2.37 bits per heavy atom. The maximum Gasteiger partial charge on any atom is 0.176 e. The van der Waals surface area contributed by atoms with E-state index in [0.717, 1.165) is 12.1 Å². The second-order valence-corrected chi connectivity index (χ2v) is 6.32. The van der Waals surface area contributed by atoms with E-state index in [1.165, 1.54) is 12.0 Å². The van der Waals surface area contributed by atoms with Crippen LogP contribution in [0.4, 0.5) is 0 Å². The van der Waals surface area contributed by atoms with Crippen molar-refractivity contribution in [3.63, 3.8) is 0 Å². The smallest absolute Gasteiger partial charge is 0.176 e. The van der Waals surface area contributed by atoms with Crippen molar-refractivity contribution < 1.29 is 4.79 Å². The first-order valence-corrected chi connectivity index (χ1v) is 7.34. The van der Waals surface area contributed by atoms with Gasteiger partial charge in [-0.3, -0.25) is 9.69 Å². The molecule has 0 aliphatic carbocycles. The van der Waals surface area contributed by atoms with E-state index in [4.69, 9.17) is 0 Å². The van der Waals surface area contributed by atoms with Crippen LogP contribution in [0.15, 0.2) is 24.3 Å². The van der Waals surface area contributed by atoms with Crippen molar-refractivity contribution >= 4 is 5.78 Å². The molecular weight excluding hydrogens is 234 g/mol. The van der Waals surface area contributed by atoms with Crippen LogP contribution >= 0.6 is 0 Å². The van der Waals surface area contributed by atoms with Gasteiger partial charge in [0.2, 0.25) is 0 Å². The summed E-state index contributed by atoms with van der Waals surface area (Å²) in [5, 5.41) is 0. The Kier molecular flexibility index (Phi) is 4.41. The van der Waals surface area contributed by atoms with Crippen LogP contribution in [-0.4, -0.2) is 29.8 Å². The SMILES string of the molecule is CC1CC(C)N(CC(=O)c2ccc(C(C)C)cc2)C1. The van der Waals surface area contributed by atoms with Crippen molar-refractivity contribution in [3.8, 4) is 0 Å². The molecule has 19 heavy (non-hydrogen) atoms. The fourth-order valence-electron chi connectivity index (χ4n) is 2.94. The van der Waals surface area contributed by atoms with Gasteiger partial charge in [-0.05, 0) is 30.7 Å². The van der Waals surface area contributed by atoms with E-state index < -0.39 is 0 Å². The molecule has 0 radical (unpaired) electrons. The molecule has 0 aromatic heterocycles. The standard InChI is InChI=1S/C17H25NO/c1-12(2)15-5-7-16(8-6-15)17(19)11-18-10-13(3)9-14(18)4/h5-8,12-14H,9-11H2,1-4H3. The van der Waals surface area contributed by atoms with Gasteiger partial charge in [-0.25, -0.2) is 0 Å². The molecule has 0 amide bonds. The number of rotatable bonds is 4. The number of ketones is 1. The molecule has 2 atom stereocenters. The predicted octanol–water partition coefficient (Wildman–Crippen LogP) is 3.72. The third-order valence-electron chi connectivity index (χ3n) is 4.16. The van der Waals surface area contributed by atoms with Gasteiger partial charge in [-0.15, -0.1) is 0 Å². The molecular formula is C17H25NO. The molecule has 2 heteroatoms. The average molecular weight is 259 g/mol. The van der Waals surface area contributed by atoms with Gasteiger partial charge in [0.1, 0.15) is 0 Å². The van der Waals surface area contributed by atoms with Crippen LogP contribution < -0.4 is 0 Å². The van der Waals surface area contributed by atoms with Crippen LogP contribution in [0.2, 0.25) is 0 Å². The van der Waals surface area contributed by atoms with Gasteiger partial charge >= 0.3 is 0 Å². The van der Waals surface area contributed by atoms with E-state index >= 15 is 0 Å². The summed E-state index contributed by atoms with van der Waals surface area (Å²) in [6.45, 7) is 10.4. The van der Waals surface area contributed by atoms with Gasteiger partial charge in [0, 0.05) is 18.2 Å². The highest BCUT2D eigenvalue weighted by molar-refractivity contribution is 5.97. The lowest BCUT2D eigenvalue weighted by Crippen LogP contribution is -2.32. The quantitative estimate of drug-likeness (QED) is 0.768. The predicted molar refractivity (Wildman–Crippen MR) is 79.7 cm³/mol. The van der Waals surface area contributed by atoms with E-state index in [1.807, 2.05) is 12.1 Å². The van der Waals surface area contributed by atoms with Crippen molar-refractivity contribution in [3.05, 3.63) is 35.4 Å². The molecule has 0 N–H and O–H groups in total. The molecule has 1 aliphatic heterocycles. The first kappa shape index (κ1) is 14.3. The number of Topliss-reactive ketones (excluding diaryl/α,β-unsaturated/α-hetero) is 1. The van der Waals surface area contributed by atoms with Crippen LogP contribution in [0.3, 0.4) is 0 Å². The highest BCUT2D eigenvalue weighted by Crippen LogP contribution is 2.22. The second-order valence-electron chi connectivity index (χ2n) is 6.32. The molecule has 1 saturated heterocycles. The molecule has 1 aliphatic rings. The Hall–Kier alpha value is -1.15. The number of likely N-dealkylation sites (tertiary alicyclic amines) is 1. The minimum Gasteiger partial charge on any atom is -0.293 e.